The average molecular weight is 196 g/mol. The number of nitrogens with one attached hydrogen (secondary N) is 1. The Balaban J connectivity index is 1.90. The normalized spacial score (nSPS) is 27.6. The van der Waals surface area contributed by atoms with Crippen molar-refractivity contribution in [2.45, 2.75) is 38.1 Å². The van der Waals surface area contributed by atoms with Gasteiger partial charge in [0.1, 0.15) is 6.04 Å². The quantitative estimate of drug-likeness (QED) is 0.654. The van der Waals surface area contributed by atoms with Crippen LogP contribution in [0.4, 0.5) is 0 Å². The number of rotatable bonds is 1. The van der Waals surface area contributed by atoms with E-state index in [9.17, 15) is 9.59 Å². The summed E-state index contributed by atoms with van der Waals surface area (Å²) in [6, 6.07) is -0.236. The van der Waals surface area contributed by atoms with Gasteiger partial charge in [-0.25, -0.2) is 0 Å². The number of amides is 2. The molecule has 0 aromatic rings. The number of nitrogens with zero attached hydrogens (tertiary/aromatic N) is 1. The van der Waals surface area contributed by atoms with Crippen molar-refractivity contribution in [1.82, 2.24) is 10.2 Å². The molecule has 0 aromatic heterocycles. The summed E-state index contributed by atoms with van der Waals surface area (Å²) >= 11 is 0. The summed E-state index contributed by atoms with van der Waals surface area (Å²) < 4.78 is 0. The van der Waals surface area contributed by atoms with Crippen LogP contribution in [0.2, 0.25) is 0 Å². The molecule has 1 atom stereocenters. The Morgan fingerprint density at radius 1 is 1.29 bits per heavy atom. The highest BCUT2D eigenvalue weighted by molar-refractivity contribution is 5.90. The van der Waals surface area contributed by atoms with E-state index in [1.54, 1.807) is 0 Å². The number of hydrogen-bond donors (Lipinski definition) is 1. The van der Waals surface area contributed by atoms with Crippen LogP contribution in [-0.2, 0) is 9.59 Å². The predicted molar refractivity (Wildman–Crippen MR) is 51.6 cm³/mol. The van der Waals surface area contributed by atoms with Gasteiger partial charge in [0.25, 0.3) is 0 Å². The molecule has 2 saturated heterocycles. The van der Waals surface area contributed by atoms with Crippen molar-refractivity contribution in [2.75, 3.05) is 13.1 Å². The van der Waals surface area contributed by atoms with E-state index in [1.165, 1.54) is 6.42 Å². The van der Waals surface area contributed by atoms with E-state index in [-0.39, 0.29) is 17.9 Å². The van der Waals surface area contributed by atoms with Gasteiger partial charge in [-0.3, -0.25) is 9.59 Å². The molecular weight excluding hydrogens is 180 g/mol. The van der Waals surface area contributed by atoms with Crippen LogP contribution in [0.5, 0.6) is 0 Å². The summed E-state index contributed by atoms with van der Waals surface area (Å²) in [5, 5.41) is 2.72. The standard InChI is InChI=1S/C10H16N2O2/c13-9-5-4-8(11-9)10(14)12-6-2-1-3-7-12/h8H,1-7H2,(H,11,13)/t8-/m1/s1. The van der Waals surface area contributed by atoms with Gasteiger partial charge in [-0.15, -0.1) is 0 Å². The molecular formula is C10H16N2O2. The third-order valence-corrected chi connectivity index (χ3v) is 2.96. The molecule has 0 radical (unpaired) electrons. The molecule has 1 N–H and O–H groups in total. The highest BCUT2D eigenvalue weighted by atomic mass is 16.2. The van der Waals surface area contributed by atoms with Crippen molar-refractivity contribution >= 4 is 11.8 Å². The molecule has 2 aliphatic rings. The molecule has 78 valence electrons. The molecule has 14 heavy (non-hydrogen) atoms. The molecule has 0 aliphatic carbocycles. The summed E-state index contributed by atoms with van der Waals surface area (Å²) in [5.41, 5.74) is 0. The lowest BCUT2D eigenvalue weighted by atomic mass is 10.1. The Morgan fingerprint density at radius 2 is 2.00 bits per heavy atom. The topological polar surface area (TPSA) is 49.4 Å². The molecule has 2 amide bonds. The van der Waals surface area contributed by atoms with Crippen LogP contribution in [0, 0.1) is 0 Å². The van der Waals surface area contributed by atoms with Gasteiger partial charge in [0.2, 0.25) is 11.8 Å². The zero-order chi connectivity index (χ0) is 9.97. The number of hydrogen-bond acceptors (Lipinski definition) is 2. The minimum Gasteiger partial charge on any atom is -0.344 e. The van der Waals surface area contributed by atoms with Gasteiger partial charge >= 0.3 is 0 Å². The molecule has 2 aliphatic heterocycles. The fourth-order valence-electron chi connectivity index (χ4n) is 2.13. The SMILES string of the molecule is O=C1CC[C@H](C(=O)N2CCCCC2)N1. The minimum absolute atomic E-state index is 0.0142. The van der Waals surface area contributed by atoms with Crippen LogP contribution in [-0.4, -0.2) is 35.8 Å². The van der Waals surface area contributed by atoms with Gasteiger partial charge in [0.05, 0.1) is 0 Å². The Bertz CT molecular complexity index is 247. The van der Waals surface area contributed by atoms with E-state index in [0.29, 0.717) is 12.8 Å². The fraction of sp³-hybridized carbons (Fsp3) is 0.800. The largest absolute Gasteiger partial charge is 0.344 e. The lowest BCUT2D eigenvalue weighted by Gasteiger charge is -2.28. The van der Waals surface area contributed by atoms with Gasteiger partial charge in [-0.1, -0.05) is 0 Å². The second-order valence-corrected chi connectivity index (χ2v) is 4.04. The fourth-order valence-corrected chi connectivity index (χ4v) is 2.13. The van der Waals surface area contributed by atoms with E-state index in [1.807, 2.05) is 4.90 Å². The van der Waals surface area contributed by atoms with Crippen LogP contribution < -0.4 is 5.32 Å². The molecule has 0 saturated carbocycles. The lowest BCUT2D eigenvalue weighted by Crippen LogP contribution is -2.46. The third kappa shape index (κ3) is 1.89. The smallest absolute Gasteiger partial charge is 0.245 e. The second kappa shape index (κ2) is 3.98. The highest BCUT2D eigenvalue weighted by Crippen LogP contribution is 2.14. The van der Waals surface area contributed by atoms with E-state index in [2.05, 4.69) is 5.32 Å². The Labute approximate surface area is 83.6 Å². The van der Waals surface area contributed by atoms with Gasteiger partial charge in [0.15, 0.2) is 0 Å². The molecule has 2 heterocycles. The first kappa shape index (κ1) is 9.49. The second-order valence-electron chi connectivity index (χ2n) is 4.04. The molecule has 4 heteroatoms. The van der Waals surface area contributed by atoms with Crippen molar-refractivity contribution in [3.63, 3.8) is 0 Å². The Hall–Kier alpha value is -1.06. The van der Waals surface area contributed by atoms with Crippen molar-refractivity contribution in [1.29, 1.82) is 0 Å². The summed E-state index contributed by atoms with van der Waals surface area (Å²) in [7, 11) is 0. The Kier molecular flexibility index (Phi) is 2.70. The van der Waals surface area contributed by atoms with Crippen molar-refractivity contribution in [2.24, 2.45) is 0 Å². The number of piperidine rings is 1. The zero-order valence-electron chi connectivity index (χ0n) is 8.29. The molecule has 2 fully saturated rings. The van der Waals surface area contributed by atoms with Crippen molar-refractivity contribution < 1.29 is 9.59 Å². The zero-order valence-corrected chi connectivity index (χ0v) is 8.29. The monoisotopic (exact) mass is 196 g/mol. The van der Waals surface area contributed by atoms with Crippen molar-refractivity contribution in [3.05, 3.63) is 0 Å². The first-order valence-corrected chi connectivity index (χ1v) is 5.35. The molecule has 4 nitrogen and oxygen atoms in total. The number of carbonyl (C=O) groups excluding carboxylic acids is 2. The maximum absolute atomic E-state index is 11.9. The molecule has 0 aromatic carbocycles. The molecule has 0 spiro atoms. The van der Waals surface area contributed by atoms with Gasteiger partial charge in [0, 0.05) is 19.5 Å². The van der Waals surface area contributed by atoms with E-state index >= 15 is 0 Å². The summed E-state index contributed by atoms with van der Waals surface area (Å²) in [6.45, 7) is 1.73. The van der Waals surface area contributed by atoms with E-state index < -0.39 is 0 Å². The Morgan fingerprint density at radius 3 is 2.57 bits per heavy atom. The van der Waals surface area contributed by atoms with Crippen LogP contribution in [0.1, 0.15) is 32.1 Å². The van der Waals surface area contributed by atoms with Gasteiger partial charge < -0.3 is 10.2 Å². The first-order chi connectivity index (χ1) is 6.77. The van der Waals surface area contributed by atoms with Crippen LogP contribution >= 0.6 is 0 Å². The molecule has 0 bridgehead atoms. The van der Waals surface area contributed by atoms with Gasteiger partial charge in [-0.2, -0.15) is 0 Å². The molecule has 2 rings (SSSR count). The first-order valence-electron chi connectivity index (χ1n) is 5.35. The van der Waals surface area contributed by atoms with Crippen LogP contribution in [0.3, 0.4) is 0 Å². The molecule has 0 unspecified atom stereocenters. The van der Waals surface area contributed by atoms with E-state index in [4.69, 9.17) is 0 Å². The van der Waals surface area contributed by atoms with E-state index in [0.717, 1.165) is 25.9 Å². The minimum atomic E-state index is -0.236. The van der Waals surface area contributed by atoms with Crippen molar-refractivity contribution in [3.8, 4) is 0 Å². The number of carbonyl (C=O) groups is 2. The maximum Gasteiger partial charge on any atom is 0.245 e. The maximum atomic E-state index is 11.9. The average Bonchev–Trinajstić information content (AvgIpc) is 2.65. The number of likely N-dealkylation sites (tertiary alicyclic amines) is 1. The van der Waals surface area contributed by atoms with Gasteiger partial charge in [-0.05, 0) is 25.7 Å². The summed E-state index contributed by atoms with van der Waals surface area (Å²) in [6.07, 6.45) is 4.61. The summed E-state index contributed by atoms with van der Waals surface area (Å²) in [5.74, 6) is 0.135. The predicted octanol–water partition coefficient (Wildman–Crippen LogP) is 0.277. The van der Waals surface area contributed by atoms with Crippen LogP contribution in [0.15, 0.2) is 0 Å². The highest BCUT2D eigenvalue weighted by Gasteiger charge is 2.30. The lowest BCUT2D eigenvalue weighted by molar-refractivity contribution is -0.135. The van der Waals surface area contributed by atoms with Crippen LogP contribution in [0.25, 0.3) is 0 Å². The summed E-state index contributed by atoms with van der Waals surface area (Å²) in [4.78, 5) is 24.7. The third-order valence-electron chi connectivity index (χ3n) is 2.96.